The number of hydrogen-bond acceptors (Lipinski definition) is 4. The van der Waals surface area contributed by atoms with Crippen molar-refractivity contribution in [3.8, 4) is 0 Å². The van der Waals surface area contributed by atoms with Crippen molar-refractivity contribution in [3.63, 3.8) is 0 Å². The van der Waals surface area contributed by atoms with Crippen molar-refractivity contribution in [1.82, 2.24) is 14.8 Å². The number of rotatable bonds is 1. The van der Waals surface area contributed by atoms with Gasteiger partial charge in [-0.15, -0.1) is 0 Å². The zero-order valence-corrected chi connectivity index (χ0v) is 11.6. The molecular weight excluding hydrogens is 258 g/mol. The number of hydrogen-bond donors (Lipinski definition) is 1. The number of fused-ring (bicyclic) bond motifs is 1. The van der Waals surface area contributed by atoms with E-state index in [-0.39, 0.29) is 17.0 Å². The largest absolute Gasteiger partial charge is 0.381 e. The molecule has 6 nitrogen and oxygen atoms in total. The molecule has 0 aromatic carbocycles. The lowest BCUT2D eigenvalue weighted by atomic mass is 9.92. The van der Waals surface area contributed by atoms with Gasteiger partial charge < -0.3 is 9.30 Å². The van der Waals surface area contributed by atoms with Crippen LogP contribution in [0.3, 0.4) is 0 Å². The number of nitrogens with zero attached hydrogens (tertiary/aromatic N) is 2. The molecule has 0 unspecified atom stereocenters. The van der Waals surface area contributed by atoms with Crippen molar-refractivity contribution in [2.75, 3.05) is 13.2 Å². The molecule has 0 aliphatic carbocycles. The van der Waals surface area contributed by atoms with E-state index in [0.29, 0.717) is 35.4 Å². The molecule has 1 saturated heterocycles. The van der Waals surface area contributed by atoms with Crippen LogP contribution >= 0.6 is 0 Å². The van der Waals surface area contributed by atoms with Gasteiger partial charge in [-0.25, -0.2) is 5.10 Å². The predicted octanol–water partition coefficient (Wildman–Crippen LogP) is 0.824. The summed E-state index contributed by atoms with van der Waals surface area (Å²) < 4.78 is 6.87. The highest BCUT2D eigenvalue weighted by atomic mass is 16.5. The summed E-state index contributed by atoms with van der Waals surface area (Å²) in [6.07, 6.45) is 1.64. The van der Waals surface area contributed by atoms with E-state index in [0.717, 1.165) is 12.8 Å². The van der Waals surface area contributed by atoms with E-state index in [1.54, 1.807) is 20.0 Å². The summed E-state index contributed by atoms with van der Waals surface area (Å²) in [5.41, 5.74) is 1.67. The summed E-state index contributed by atoms with van der Waals surface area (Å²) in [5, 5.41) is 6.94. The van der Waals surface area contributed by atoms with E-state index in [2.05, 4.69) is 10.2 Å². The first kappa shape index (κ1) is 13.1. The van der Waals surface area contributed by atoms with Crippen LogP contribution in [0.25, 0.3) is 10.9 Å². The van der Waals surface area contributed by atoms with Crippen molar-refractivity contribution < 1.29 is 4.74 Å². The number of pyridine rings is 1. The molecule has 0 atom stereocenters. The molecule has 2 aromatic rings. The second-order valence-corrected chi connectivity index (χ2v) is 5.25. The maximum absolute atomic E-state index is 12.5. The molecular formula is C14H17N3O3. The normalized spacial score (nSPS) is 16.7. The highest BCUT2D eigenvalue weighted by Crippen LogP contribution is 2.26. The molecule has 20 heavy (non-hydrogen) atoms. The van der Waals surface area contributed by atoms with Crippen LogP contribution in [0.2, 0.25) is 0 Å². The highest BCUT2D eigenvalue weighted by molar-refractivity contribution is 5.80. The number of aromatic amines is 1. The van der Waals surface area contributed by atoms with Gasteiger partial charge in [-0.05, 0) is 31.7 Å². The predicted molar refractivity (Wildman–Crippen MR) is 75.1 cm³/mol. The van der Waals surface area contributed by atoms with Gasteiger partial charge in [0.1, 0.15) is 0 Å². The lowest BCUT2D eigenvalue weighted by Gasteiger charge is -2.22. The molecule has 3 rings (SSSR count). The molecule has 0 radical (unpaired) electrons. The van der Waals surface area contributed by atoms with Gasteiger partial charge in [0.05, 0.1) is 16.6 Å². The van der Waals surface area contributed by atoms with Crippen LogP contribution in [-0.4, -0.2) is 28.0 Å². The van der Waals surface area contributed by atoms with Gasteiger partial charge in [0.25, 0.3) is 11.1 Å². The summed E-state index contributed by atoms with van der Waals surface area (Å²) in [4.78, 5) is 24.5. The molecule has 1 aliphatic heterocycles. The van der Waals surface area contributed by atoms with Crippen LogP contribution in [-0.2, 0) is 11.8 Å². The third kappa shape index (κ3) is 1.96. The van der Waals surface area contributed by atoms with Crippen LogP contribution in [0.1, 0.15) is 30.0 Å². The molecule has 106 valence electrons. The van der Waals surface area contributed by atoms with Gasteiger partial charge in [-0.1, -0.05) is 0 Å². The first-order chi connectivity index (χ1) is 9.59. The fourth-order valence-corrected chi connectivity index (χ4v) is 2.92. The maximum Gasteiger partial charge on any atom is 0.273 e. The quantitative estimate of drug-likeness (QED) is 0.836. The third-order valence-corrected chi connectivity index (χ3v) is 4.02. The van der Waals surface area contributed by atoms with E-state index in [1.807, 2.05) is 0 Å². The standard InChI is InChI=1S/C14H17N3O3/c1-8-12-11(13(18)16-15-8)7-10(14(19)17(12)2)9-3-5-20-6-4-9/h7,9H,3-6H2,1-2H3,(H,16,18). The maximum atomic E-state index is 12.5. The molecule has 0 bridgehead atoms. The smallest absolute Gasteiger partial charge is 0.273 e. The molecule has 1 aliphatic rings. The Bertz CT molecular complexity index is 770. The molecule has 2 aromatic heterocycles. The molecule has 0 saturated carbocycles. The van der Waals surface area contributed by atoms with Gasteiger partial charge >= 0.3 is 0 Å². The Kier molecular flexibility index (Phi) is 3.17. The van der Waals surface area contributed by atoms with Gasteiger partial charge in [-0.2, -0.15) is 5.10 Å². The molecule has 3 heterocycles. The van der Waals surface area contributed by atoms with Crippen molar-refractivity contribution >= 4 is 10.9 Å². The van der Waals surface area contributed by atoms with Crippen molar-refractivity contribution in [2.24, 2.45) is 7.05 Å². The molecule has 1 fully saturated rings. The van der Waals surface area contributed by atoms with Crippen molar-refractivity contribution in [3.05, 3.63) is 38.0 Å². The summed E-state index contributed by atoms with van der Waals surface area (Å²) in [6, 6.07) is 1.74. The average molecular weight is 275 g/mol. The summed E-state index contributed by atoms with van der Waals surface area (Å²) in [7, 11) is 1.70. The Hall–Kier alpha value is -1.95. The first-order valence-electron chi connectivity index (χ1n) is 6.76. The number of nitrogens with one attached hydrogen (secondary N) is 1. The Morgan fingerprint density at radius 2 is 2.05 bits per heavy atom. The summed E-state index contributed by atoms with van der Waals surface area (Å²) in [6.45, 7) is 3.11. The van der Waals surface area contributed by atoms with Crippen LogP contribution in [0.4, 0.5) is 0 Å². The zero-order valence-electron chi connectivity index (χ0n) is 11.6. The zero-order chi connectivity index (χ0) is 14.3. The number of H-pyrrole nitrogens is 1. The van der Waals surface area contributed by atoms with Crippen LogP contribution in [0, 0.1) is 6.92 Å². The minimum absolute atomic E-state index is 0.0418. The van der Waals surface area contributed by atoms with E-state index in [4.69, 9.17) is 4.74 Å². The Labute approximate surface area is 115 Å². The average Bonchev–Trinajstić information content (AvgIpc) is 2.47. The lowest BCUT2D eigenvalue weighted by Crippen LogP contribution is -2.28. The second kappa shape index (κ2) is 4.86. The molecule has 0 spiro atoms. The Morgan fingerprint density at radius 1 is 1.35 bits per heavy atom. The summed E-state index contributed by atoms with van der Waals surface area (Å²) in [5.74, 6) is 0.166. The summed E-state index contributed by atoms with van der Waals surface area (Å²) >= 11 is 0. The topological polar surface area (TPSA) is 77.0 Å². The number of aryl methyl sites for hydroxylation is 2. The van der Waals surface area contributed by atoms with Crippen LogP contribution in [0.15, 0.2) is 15.7 Å². The van der Waals surface area contributed by atoms with Crippen molar-refractivity contribution in [1.29, 1.82) is 0 Å². The fraction of sp³-hybridized carbons (Fsp3) is 0.500. The third-order valence-electron chi connectivity index (χ3n) is 4.02. The van der Waals surface area contributed by atoms with E-state index >= 15 is 0 Å². The SMILES string of the molecule is Cc1n[nH]c(=O)c2cc(C3CCOCC3)c(=O)n(C)c12. The minimum Gasteiger partial charge on any atom is -0.381 e. The first-order valence-corrected chi connectivity index (χ1v) is 6.76. The molecule has 0 amide bonds. The highest BCUT2D eigenvalue weighted by Gasteiger charge is 2.21. The minimum atomic E-state index is -0.255. The fourth-order valence-electron chi connectivity index (χ4n) is 2.92. The number of aromatic nitrogens is 3. The van der Waals surface area contributed by atoms with Crippen LogP contribution < -0.4 is 11.1 Å². The monoisotopic (exact) mass is 275 g/mol. The van der Waals surface area contributed by atoms with E-state index in [1.165, 1.54) is 4.57 Å². The second-order valence-electron chi connectivity index (χ2n) is 5.25. The van der Waals surface area contributed by atoms with Gasteiger partial charge in [0.2, 0.25) is 0 Å². The van der Waals surface area contributed by atoms with Gasteiger partial charge in [0.15, 0.2) is 0 Å². The van der Waals surface area contributed by atoms with E-state index in [9.17, 15) is 9.59 Å². The van der Waals surface area contributed by atoms with Crippen molar-refractivity contribution in [2.45, 2.75) is 25.7 Å². The van der Waals surface area contributed by atoms with Crippen LogP contribution in [0.5, 0.6) is 0 Å². The Balaban J connectivity index is 2.30. The molecule has 6 heteroatoms. The molecule has 1 N–H and O–H groups in total. The Morgan fingerprint density at radius 3 is 2.75 bits per heavy atom. The van der Waals surface area contributed by atoms with E-state index < -0.39 is 0 Å². The van der Waals surface area contributed by atoms with Gasteiger partial charge in [-0.3, -0.25) is 9.59 Å². The van der Waals surface area contributed by atoms with Gasteiger partial charge in [0, 0.05) is 25.8 Å². The lowest BCUT2D eigenvalue weighted by molar-refractivity contribution is 0.0850. The number of ether oxygens (including phenoxy) is 1.